The van der Waals surface area contributed by atoms with Crippen molar-refractivity contribution in [2.75, 3.05) is 11.5 Å². The Morgan fingerprint density at radius 2 is 2.05 bits per heavy atom. The van der Waals surface area contributed by atoms with Crippen molar-refractivity contribution < 1.29 is 13.0 Å². The average Bonchev–Trinajstić information content (AvgIpc) is 2.89. The number of anilines is 1. The van der Waals surface area contributed by atoms with Gasteiger partial charge in [-0.2, -0.15) is 8.42 Å². The molecule has 0 unspecified atom stereocenters. The molecule has 0 radical (unpaired) electrons. The highest BCUT2D eigenvalue weighted by Crippen LogP contribution is 2.22. The quantitative estimate of drug-likeness (QED) is 0.569. The number of H-pyrrole nitrogens is 1. The molecule has 8 nitrogen and oxygen atoms in total. The minimum atomic E-state index is -3.66. The monoisotopic (exact) mass is 295 g/mol. The molecule has 3 rings (SSSR count). The second-order valence-electron chi connectivity index (χ2n) is 3.86. The molecule has 0 saturated carbocycles. The Balaban J connectivity index is 0.000000212. The Morgan fingerprint density at radius 3 is 2.70 bits per heavy atom. The molecule has 0 spiro atoms. The van der Waals surface area contributed by atoms with Gasteiger partial charge in [-0.25, -0.2) is 9.97 Å². The van der Waals surface area contributed by atoms with Crippen LogP contribution in [0.5, 0.6) is 0 Å². The van der Waals surface area contributed by atoms with Gasteiger partial charge in [0.2, 0.25) is 0 Å². The Labute approximate surface area is 114 Å². The fourth-order valence-corrected chi connectivity index (χ4v) is 1.53. The van der Waals surface area contributed by atoms with Crippen molar-refractivity contribution in [3.05, 3.63) is 24.7 Å². The highest BCUT2D eigenvalue weighted by molar-refractivity contribution is 7.85. The molecule has 20 heavy (non-hydrogen) atoms. The van der Waals surface area contributed by atoms with Crippen LogP contribution in [0.25, 0.3) is 22.1 Å². The third-order valence-electron chi connectivity index (χ3n) is 2.51. The molecule has 0 fully saturated rings. The molecule has 0 aliphatic rings. The number of fused-ring (bicyclic) bond motifs is 3. The highest BCUT2D eigenvalue weighted by Gasteiger charge is 2.07. The van der Waals surface area contributed by atoms with Crippen molar-refractivity contribution in [3.8, 4) is 0 Å². The van der Waals surface area contributed by atoms with Gasteiger partial charge in [0.1, 0.15) is 11.0 Å². The number of nitrogens with two attached hydrogens (primary N) is 1. The Bertz CT molecular complexity index is 844. The second-order valence-corrected chi connectivity index (χ2v) is 5.61. The van der Waals surface area contributed by atoms with Crippen LogP contribution in [0.2, 0.25) is 0 Å². The molecule has 0 atom stereocenters. The van der Waals surface area contributed by atoms with Gasteiger partial charge in [-0.3, -0.25) is 9.54 Å². The number of aromatic amines is 1. The number of nitrogens with one attached hydrogen (secondary N) is 1. The van der Waals surface area contributed by atoms with Crippen molar-refractivity contribution in [1.29, 1.82) is 0 Å². The van der Waals surface area contributed by atoms with Gasteiger partial charge in [0, 0.05) is 6.20 Å². The van der Waals surface area contributed by atoms with Crippen molar-refractivity contribution in [1.82, 2.24) is 19.9 Å². The van der Waals surface area contributed by atoms with E-state index in [0.717, 1.165) is 16.6 Å². The fraction of sp³-hybridized carbons (Fsp3) is 0.182. The van der Waals surface area contributed by atoms with Gasteiger partial charge < -0.3 is 10.7 Å². The van der Waals surface area contributed by atoms with E-state index >= 15 is 0 Å². The van der Waals surface area contributed by atoms with Crippen molar-refractivity contribution in [2.45, 2.75) is 6.92 Å². The molecule has 0 saturated heterocycles. The predicted octanol–water partition coefficient (Wildman–Crippen LogP) is 0.982. The lowest BCUT2D eigenvalue weighted by atomic mass is 10.3. The first kappa shape index (κ1) is 14.2. The first-order valence-electron chi connectivity index (χ1n) is 5.71. The lowest BCUT2D eigenvalue weighted by Crippen LogP contribution is -1.97. The molecule has 3 heterocycles. The van der Waals surface area contributed by atoms with E-state index in [1.165, 1.54) is 6.92 Å². The third kappa shape index (κ3) is 3.00. The minimum absolute atomic E-state index is 0.201. The zero-order chi connectivity index (χ0) is 14.8. The Kier molecular flexibility index (Phi) is 3.81. The topological polar surface area (TPSA) is 135 Å². The molecule has 9 heteroatoms. The van der Waals surface area contributed by atoms with Crippen LogP contribution in [0.4, 0.5) is 5.82 Å². The van der Waals surface area contributed by atoms with E-state index in [0.29, 0.717) is 11.3 Å². The summed E-state index contributed by atoms with van der Waals surface area (Å²) in [7, 11) is -3.66. The molecule has 0 aliphatic heterocycles. The van der Waals surface area contributed by atoms with Gasteiger partial charge in [-0.05, 0) is 19.1 Å². The van der Waals surface area contributed by atoms with Crippen LogP contribution in [-0.4, -0.2) is 38.7 Å². The summed E-state index contributed by atoms with van der Waals surface area (Å²) in [6.45, 7) is 1.37. The number of rotatable bonds is 1. The lowest BCUT2D eigenvalue weighted by Gasteiger charge is -1.99. The summed E-state index contributed by atoms with van der Waals surface area (Å²) in [5.41, 5.74) is 8.84. The van der Waals surface area contributed by atoms with Crippen LogP contribution < -0.4 is 5.73 Å². The number of hydrogen-bond donors (Lipinski definition) is 3. The van der Waals surface area contributed by atoms with E-state index in [-0.39, 0.29) is 5.75 Å². The van der Waals surface area contributed by atoms with Crippen molar-refractivity contribution in [2.24, 2.45) is 0 Å². The van der Waals surface area contributed by atoms with E-state index in [1.54, 1.807) is 12.5 Å². The molecule has 3 aromatic rings. The van der Waals surface area contributed by atoms with Crippen LogP contribution in [0.15, 0.2) is 24.7 Å². The van der Waals surface area contributed by atoms with Gasteiger partial charge in [-0.15, -0.1) is 0 Å². The van der Waals surface area contributed by atoms with Crippen LogP contribution in [0.1, 0.15) is 6.92 Å². The molecule has 0 bridgehead atoms. The number of imidazole rings is 1. The average molecular weight is 295 g/mol. The number of nitrogen functional groups attached to an aromatic ring is 1. The maximum atomic E-state index is 9.56. The van der Waals surface area contributed by atoms with Crippen molar-refractivity contribution in [3.63, 3.8) is 0 Å². The summed E-state index contributed by atoms with van der Waals surface area (Å²) in [6.07, 6.45) is 3.32. The molecule has 3 aromatic heterocycles. The van der Waals surface area contributed by atoms with Gasteiger partial charge in [-0.1, -0.05) is 0 Å². The van der Waals surface area contributed by atoms with Crippen LogP contribution in [0, 0.1) is 0 Å². The zero-order valence-corrected chi connectivity index (χ0v) is 11.4. The van der Waals surface area contributed by atoms with E-state index in [9.17, 15) is 8.42 Å². The zero-order valence-electron chi connectivity index (χ0n) is 10.6. The van der Waals surface area contributed by atoms with Crippen molar-refractivity contribution >= 4 is 38.0 Å². The summed E-state index contributed by atoms with van der Waals surface area (Å²) in [5, 5.41) is 0. The van der Waals surface area contributed by atoms with E-state index in [4.69, 9.17) is 10.3 Å². The number of hydrogen-bond acceptors (Lipinski definition) is 6. The van der Waals surface area contributed by atoms with Gasteiger partial charge >= 0.3 is 0 Å². The summed E-state index contributed by atoms with van der Waals surface area (Å²) in [5.74, 6) is 0.231. The normalized spacial score (nSPS) is 11.3. The van der Waals surface area contributed by atoms with E-state index in [1.807, 2.05) is 12.1 Å². The number of pyridine rings is 2. The SMILES string of the molecule is CCS(=O)(=O)O.Nc1nc2cccnc2c2[nH]cnc12. The molecule has 0 amide bonds. The highest BCUT2D eigenvalue weighted by atomic mass is 32.2. The van der Waals surface area contributed by atoms with E-state index < -0.39 is 10.1 Å². The summed E-state index contributed by atoms with van der Waals surface area (Å²) in [6, 6.07) is 3.70. The smallest absolute Gasteiger partial charge is 0.264 e. The van der Waals surface area contributed by atoms with Gasteiger partial charge in [0.15, 0.2) is 5.82 Å². The first-order chi connectivity index (χ1) is 9.42. The van der Waals surface area contributed by atoms with Crippen LogP contribution in [0.3, 0.4) is 0 Å². The summed E-state index contributed by atoms with van der Waals surface area (Å²) < 4.78 is 26.9. The molecule has 0 aliphatic carbocycles. The Morgan fingerprint density at radius 1 is 1.35 bits per heavy atom. The molecular weight excluding hydrogens is 282 g/mol. The number of nitrogens with zero attached hydrogens (tertiary/aromatic N) is 3. The van der Waals surface area contributed by atoms with Crippen LogP contribution >= 0.6 is 0 Å². The predicted molar refractivity (Wildman–Crippen MR) is 75.7 cm³/mol. The maximum Gasteiger partial charge on any atom is 0.264 e. The minimum Gasteiger partial charge on any atom is -0.382 e. The molecular formula is C11H13N5O3S. The van der Waals surface area contributed by atoms with Crippen LogP contribution in [-0.2, 0) is 10.1 Å². The van der Waals surface area contributed by atoms with Gasteiger partial charge in [0.25, 0.3) is 10.1 Å². The largest absolute Gasteiger partial charge is 0.382 e. The second kappa shape index (κ2) is 5.39. The molecule has 4 N–H and O–H groups in total. The summed E-state index contributed by atoms with van der Waals surface area (Å²) in [4.78, 5) is 15.5. The fourth-order valence-electron chi connectivity index (χ4n) is 1.53. The summed E-state index contributed by atoms with van der Waals surface area (Å²) >= 11 is 0. The third-order valence-corrected chi connectivity index (χ3v) is 3.24. The maximum absolute atomic E-state index is 9.56. The number of aromatic nitrogens is 4. The molecule has 106 valence electrons. The first-order valence-corrected chi connectivity index (χ1v) is 7.31. The van der Waals surface area contributed by atoms with E-state index in [2.05, 4.69) is 19.9 Å². The lowest BCUT2D eigenvalue weighted by molar-refractivity contribution is 0.484. The Hall–Kier alpha value is -2.26. The standard InChI is InChI=1S/C9H7N5.C2H6O3S/c10-9-8-7(12-4-13-8)6-5(14-9)2-1-3-11-6;1-2-6(3,4)5/h1-4H,(H2,10,14)(H,12,13);2H2,1H3,(H,3,4,5). The molecule has 0 aromatic carbocycles. The van der Waals surface area contributed by atoms with Gasteiger partial charge in [0.05, 0.1) is 23.1 Å².